The van der Waals surface area contributed by atoms with Gasteiger partial charge in [0, 0.05) is 0 Å². The van der Waals surface area contributed by atoms with Gasteiger partial charge in [0.25, 0.3) is 0 Å². The molecular formula is C7H12O6. The number of aliphatic hydroxyl groups excluding tert-OH is 2. The molecule has 0 amide bonds. The van der Waals surface area contributed by atoms with Gasteiger partial charge in [-0.1, -0.05) is 6.92 Å². The molecule has 0 saturated carbocycles. The van der Waals surface area contributed by atoms with Crippen molar-refractivity contribution in [3.05, 3.63) is 0 Å². The van der Waals surface area contributed by atoms with Crippen LogP contribution in [-0.4, -0.2) is 46.1 Å². The van der Waals surface area contributed by atoms with Gasteiger partial charge in [-0.3, -0.25) is 0 Å². The van der Waals surface area contributed by atoms with Gasteiger partial charge < -0.3 is 20.1 Å². The van der Waals surface area contributed by atoms with E-state index in [-0.39, 0.29) is 6.61 Å². The number of aliphatic hydroxyl groups is 2. The van der Waals surface area contributed by atoms with Crippen LogP contribution >= 0.6 is 0 Å². The quantitative estimate of drug-likeness (QED) is 0.470. The molecule has 6 nitrogen and oxygen atoms in total. The molecule has 0 aliphatic heterocycles. The van der Waals surface area contributed by atoms with E-state index in [9.17, 15) is 9.59 Å². The highest BCUT2D eigenvalue weighted by atomic mass is 16.5. The molecule has 0 aromatic rings. The molecule has 0 heterocycles. The number of carbonyl (C=O) groups is 2. The topological polar surface area (TPSA) is 104 Å². The van der Waals surface area contributed by atoms with Gasteiger partial charge >= 0.3 is 11.9 Å². The summed E-state index contributed by atoms with van der Waals surface area (Å²) < 4.78 is 4.41. The first-order chi connectivity index (χ1) is 6.00. The summed E-state index contributed by atoms with van der Waals surface area (Å²) in [6, 6.07) is 0. The van der Waals surface area contributed by atoms with Crippen molar-refractivity contribution in [2.45, 2.75) is 25.6 Å². The monoisotopic (exact) mass is 192 g/mol. The molecular weight excluding hydrogens is 180 g/mol. The van der Waals surface area contributed by atoms with Crippen molar-refractivity contribution in [2.24, 2.45) is 0 Å². The second kappa shape index (κ2) is 5.50. The molecule has 0 aliphatic rings. The largest absolute Gasteiger partial charge is 0.479 e. The summed E-state index contributed by atoms with van der Waals surface area (Å²) in [6.07, 6.45) is -3.60. The van der Waals surface area contributed by atoms with Crippen LogP contribution in [0.2, 0.25) is 0 Å². The van der Waals surface area contributed by atoms with Crippen LogP contribution in [0.25, 0.3) is 0 Å². The highest BCUT2D eigenvalue weighted by Gasteiger charge is 2.31. The standard InChI is InChI=1S/C7H12O6/c1-2-3-13-7(12)5(9)4(8)6(10)11/h4-5,8-9H,2-3H2,1H3,(H,10,11). The van der Waals surface area contributed by atoms with E-state index in [2.05, 4.69) is 4.74 Å². The normalized spacial score (nSPS) is 14.7. The number of carboxylic acids is 1. The number of ether oxygens (including phenoxy) is 1. The van der Waals surface area contributed by atoms with Gasteiger partial charge in [0.15, 0.2) is 12.2 Å². The molecule has 0 saturated heterocycles. The predicted octanol–water partition coefficient (Wildman–Crippen LogP) is -1.25. The van der Waals surface area contributed by atoms with Crippen LogP contribution in [0.4, 0.5) is 0 Å². The molecule has 0 spiro atoms. The number of hydrogen-bond donors (Lipinski definition) is 3. The van der Waals surface area contributed by atoms with Crippen LogP contribution in [-0.2, 0) is 14.3 Å². The minimum atomic E-state index is -2.13. The maximum Gasteiger partial charge on any atom is 0.338 e. The maximum atomic E-state index is 10.8. The van der Waals surface area contributed by atoms with Crippen LogP contribution in [0.3, 0.4) is 0 Å². The van der Waals surface area contributed by atoms with E-state index < -0.39 is 24.1 Å². The van der Waals surface area contributed by atoms with Gasteiger partial charge in [-0.25, -0.2) is 9.59 Å². The number of carboxylic acid groups (broad SMARTS) is 1. The zero-order chi connectivity index (χ0) is 10.4. The smallest absolute Gasteiger partial charge is 0.338 e. The fourth-order valence-electron chi connectivity index (χ4n) is 0.552. The fraction of sp³-hybridized carbons (Fsp3) is 0.714. The van der Waals surface area contributed by atoms with Gasteiger partial charge in [-0.15, -0.1) is 0 Å². The Bertz CT molecular complexity index is 189. The molecule has 2 atom stereocenters. The third-order valence-corrected chi connectivity index (χ3v) is 1.24. The average molecular weight is 192 g/mol. The van der Waals surface area contributed by atoms with E-state index in [1.165, 1.54) is 0 Å². The molecule has 2 unspecified atom stereocenters. The van der Waals surface area contributed by atoms with E-state index in [4.69, 9.17) is 15.3 Å². The molecule has 0 aromatic carbocycles. The summed E-state index contributed by atoms with van der Waals surface area (Å²) in [5.41, 5.74) is 0. The van der Waals surface area contributed by atoms with Crippen LogP contribution in [0.5, 0.6) is 0 Å². The third kappa shape index (κ3) is 3.86. The fourth-order valence-corrected chi connectivity index (χ4v) is 0.552. The Kier molecular flexibility index (Phi) is 5.01. The Morgan fingerprint density at radius 3 is 2.23 bits per heavy atom. The number of carbonyl (C=O) groups excluding carboxylic acids is 1. The minimum absolute atomic E-state index is 0.0855. The van der Waals surface area contributed by atoms with Crippen molar-refractivity contribution in [2.75, 3.05) is 6.61 Å². The lowest BCUT2D eigenvalue weighted by atomic mass is 10.2. The van der Waals surface area contributed by atoms with Crippen LogP contribution in [0.1, 0.15) is 13.3 Å². The number of esters is 1. The van der Waals surface area contributed by atoms with Gasteiger partial charge in [0.2, 0.25) is 0 Å². The number of aliphatic carboxylic acids is 1. The zero-order valence-corrected chi connectivity index (χ0v) is 7.14. The number of rotatable bonds is 5. The Hall–Kier alpha value is -1.14. The molecule has 3 N–H and O–H groups in total. The van der Waals surface area contributed by atoms with Gasteiger partial charge in [0.05, 0.1) is 6.61 Å². The van der Waals surface area contributed by atoms with Crippen molar-refractivity contribution >= 4 is 11.9 Å². The summed E-state index contributed by atoms with van der Waals surface area (Å²) in [7, 11) is 0. The summed E-state index contributed by atoms with van der Waals surface area (Å²) in [4.78, 5) is 20.9. The van der Waals surface area contributed by atoms with E-state index in [0.717, 1.165) is 0 Å². The van der Waals surface area contributed by atoms with E-state index in [0.29, 0.717) is 6.42 Å². The van der Waals surface area contributed by atoms with E-state index >= 15 is 0 Å². The van der Waals surface area contributed by atoms with Crippen LogP contribution < -0.4 is 0 Å². The lowest BCUT2D eigenvalue weighted by Gasteiger charge is -2.12. The van der Waals surface area contributed by atoms with Crippen molar-refractivity contribution in [3.8, 4) is 0 Å². The van der Waals surface area contributed by atoms with Crippen molar-refractivity contribution in [3.63, 3.8) is 0 Å². The molecule has 0 bridgehead atoms. The van der Waals surface area contributed by atoms with E-state index in [1.807, 2.05) is 0 Å². The number of hydrogen-bond acceptors (Lipinski definition) is 5. The predicted molar refractivity (Wildman–Crippen MR) is 40.9 cm³/mol. The van der Waals surface area contributed by atoms with Crippen LogP contribution in [0, 0.1) is 0 Å². The third-order valence-electron chi connectivity index (χ3n) is 1.24. The molecule has 76 valence electrons. The molecule has 6 heteroatoms. The van der Waals surface area contributed by atoms with Crippen molar-refractivity contribution in [1.82, 2.24) is 0 Å². The maximum absolute atomic E-state index is 10.8. The zero-order valence-electron chi connectivity index (χ0n) is 7.14. The van der Waals surface area contributed by atoms with Gasteiger partial charge in [0.1, 0.15) is 0 Å². The summed E-state index contributed by atoms with van der Waals surface area (Å²) >= 11 is 0. The van der Waals surface area contributed by atoms with Crippen molar-refractivity contribution < 1.29 is 29.6 Å². The van der Waals surface area contributed by atoms with Crippen molar-refractivity contribution in [1.29, 1.82) is 0 Å². The highest BCUT2D eigenvalue weighted by molar-refractivity contribution is 5.84. The van der Waals surface area contributed by atoms with Gasteiger partial charge in [-0.05, 0) is 6.42 Å². The van der Waals surface area contributed by atoms with E-state index in [1.54, 1.807) is 6.92 Å². The molecule has 0 radical (unpaired) electrons. The lowest BCUT2D eigenvalue weighted by Crippen LogP contribution is -2.40. The molecule has 0 aromatic heterocycles. The SMILES string of the molecule is CCCOC(=O)C(O)C(O)C(=O)O. The summed E-state index contributed by atoms with van der Waals surface area (Å²) in [5, 5.41) is 25.8. The second-order valence-electron chi connectivity index (χ2n) is 2.40. The molecule has 0 rings (SSSR count). The second-order valence-corrected chi connectivity index (χ2v) is 2.40. The Labute approximate surface area is 74.7 Å². The lowest BCUT2D eigenvalue weighted by molar-refractivity contribution is -0.169. The molecule has 0 aliphatic carbocycles. The first-order valence-corrected chi connectivity index (χ1v) is 3.76. The van der Waals surface area contributed by atoms with Gasteiger partial charge in [-0.2, -0.15) is 0 Å². The summed E-state index contributed by atoms with van der Waals surface area (Å²) in [6.45, 7) is 1.83. The molecule has 13 heavy (non-hydrogen) atoms. The first kappa shape index (κ1) is 11.9. The Balaban J connectivity index is 4.01. The summed E-state index contributed by atoms with van der Waals surface area (Å²) in [5.74, 6) is -2.79. The highest BCUT2D eigenvalue weighted by Crippen LogP contribution is 1.97. The molecule has 0 fully saturated rings. The Morgan fingerprint density at radius 2 is 1.85 bits per heavy atom. The minimum Gasteiger partial charge on any atom is -0.479 e. The first-order valence-electron chi connectivity index (χ1n) is 3.76. The van der Waals surface area contributed by atoms with Crippen LogP contribution in [0.15, 0.2) is 0 Å². The Morgan fingerprint density at radius 1 is 1.31 bits per heavy atom. The average Bonchev–Trinajstić information content (AvgIpc) is 2.11.